The van der Waals surface area contributed by atoms with Crippen molar-refractivity contribution in [3.05, 3.63) is 65.5 Å². The fourth-order valence-electron chi connectivity index (χ4n) is 3.10. The quantitative estimate of drug-likeness (QED) is 0.686. The van der Waals surface area contributed by atoms with Crippen LogP contribution in [0, 0.1) is 5.82 Å². The lowest BCUT2D eigenvalue weighted by Crippen LogP contribution is -2.32. The Morgan fingerprint density at radius 3 is 2.46 bits per heavy atom. The number of carbonyl (C=O) groups excluding carboxylic acids is 2. The number of nitrogens with one attached hydrogen (secondary N) is 1. The number of halogens is 1. The van der Waals surface area contributed by atoms with Crippen LogP contribution in [0.25, 0.3) is 0 Å². The molecular weight excluding hydrogens is 383 g/mol. The lowest BCUT2D eigenvalue weighted by atomic mass is 10.1. The third kappa shape index (κ3) is 4.39. The molecular formula is C20H21FN2O4S. The van der Waals surface area contributed by atoms with Gasteiger partial charge in [-0.2, -0.15) is 0 Å². The van der Waals surface area contributed by atoms with Crippen molar-refractivity contribution < 1.29 is 22.4 Å². The molecule has 1 aliphatic heterocycles. The Labute approximate surface area is 163 Å². The van der Waals surface area contributed by atoms with E-state index in [4.69, 9.17) is 0 Å². The van der Waals surface area contributed by atoms with Crippen molar-refractivity contribution in [3.63, 3.8) is 0 Å². The minimum atomic E-state index is -3.82. The molecule has 0 bridgehead atoms. The van der Waals surface area contributed by atoms with E-state index in [1.807, 2.05) is 0 Å². The molecule has 148 valence electrons. The number of hydrogen-bond donors (Lipinski definition) is 1. The van der Waals surface area contributed by atoms with Gasteiger partial charge in [0.05, 0.1) is 5.56 Å². The van der Waals surface area contributed by atoms with Crippen molar-refractivity contribution in [2.24, 2.45) is 0 Å². The number of sulfonamides is 1. The van der Waals surface area contributed by atoms with Gasteiger partial charge in [-0.1, -0.05) is 24.3 Å². The van der Waals surface area contributed by atoms with E-state index in [1.54, 1.807) is 24.3 Å². The second-order valence-electron chi connectivity index (χ2n) is 6.56. The summed E-state index contributed by atoms with van der Waals surface area (Å²) in [4.78, 5) is 24.2. The van der Waals surface area contributed by atoms with Crippen LogP contribution < -0.4 is 5.32 Å². The molecule has 6 nitrogen and oxygen atoms in total. The van der Waals surface area contributed by atoms with Crippen molar-refractivity contribution in [2.45, 2.75) is 30.6 Å². The standard InChI is InChI=1S/C20H21FN2O4S/c21-16-11-9-15(10-12-16)5-3-13-22-19(24)8-4-14-23-20(25)17-6-1-2-7-18(17)28(23,26)27/h1-2,6-7,9-12H,3-5,8,13-14H2,(H,22,24). The van der Waals surface area contributed by atoms with Crippen molar-refractivity contribution in [3.8, 4) is 0 Å². The number of aryl methyl sites for hydroxylation is 1. The average molecular weight is 404 g/mol. The number of nitrogens with zero attached hydrogens (tertiary/aromatic N) is 1. The van der Waals surface area contributed by atoms with Crippen LogP contribution in [0.1, 0.15) is 35.2 Å². The van der Waals surface area contributed by atoms with E-state index in [1.165, 1.54) is 24.3 Å². The number of amides is 2. The van der Waals surface area contributed by atoms with E-state index in [0.717, 1.165) is 16.3 Å². The van der Waals surface area contributed by atoms with Crippen LogP contribution in [0.15, 0.2) is 53.4 Å². The maximum atomic E-state index is 12.8. The smallest absolute Gasteiger partial charge is 0.269 e. The summed E-state index contributed by atoms with van der Waals surface area (Å²) in [5.74, 6) is -1.02. The summed E-state index contributed by atoms with van der Waals surface area (Å²) in [6.45, 7) is 0.446. The third-order valence-electron chi connectivity index (χ3n) is 4.55. The third-order valence-corrected chi connectivity index (χ3v) is 6.40. The first-order valence-corrected chi connectivity index (χ1v) is 10.5. The number of rotatable bonds is 8. The van der Waals surface area contributed by atoms with E-state index < -0.39 is 15.9 Å². The molecule has 3 rings (SSSR count). The van der Waals surface area contributed by atoms with Crippen LogP contribution in [-0.4, -0.2) is 37.6 Å². The lowest BCUT2D eigenvalue weighted by molar-refractivity contribution is -0.121. The van der Waals surface area contributed by atoms with Gasteiger partial charge in [0.2, 0.25) is 5.91 Å². The Balaban J connectivity index is 1.40. The molecule has 0 spiro atoms. The first kappa shape index (κ1) is 20.0. The number of benzene rings is 2. The number of carbonyl (C=O) groups is 2. The first-order chi connectivity index (χ1) is 13.4. The molecule has 0 aliphatic carbocycles. The Morgan fingerprint density at radius 2 is 1.75 bits per heavy atom. The van der Waals surface area contributed by atoms with Gasteiger partial charge < -0.3 is 5.32 Å². The van der Waals surface area contributed by atoms with E-state index >= 15 is 0 Å². The maximum absolute atomic E-state index is 12.8. The van der Waals surface area contributed by atoms with E-state index in [-0.39, 0.29) is 41.6 Å². The maximum Gasteiger partial charge on any atom is 0.269 e. The molecule has 0 aromatic heterocycles. The molecule has 1 heterocycles. The highest BCUT2D eigenvalue weighted by Gasteiger charge is 2.40. The lowest BCUT2D eigenvalue weighted by Gasteiger charge is -2.14. The minimum absolute atomic E-state index is 0.0187. The molecule has 2 aromatic rings. The highest BCUT2D eigenvalue weighted by molar-refractivity contribution is 7.90. The van der Waals surface area contributed by atoms with Gasteiger partial charge in [0.25, 0.3) is 15.9 Å². The Hall–Kier alpha value is -2.74. The summed E-state index contributed by atoms with van der Waals surface area (Å²) in [6, 6.07) is 12.3. The normalized spacial score (nSPS) is 14.8. The topological polar surface area (TPSA) is 83.6 Å². The SMILES string of the molecule is O=C(CCCN1C(=O)c2ccccc2S1(=O)=O)NCCCc1ccc(F)cc1. The van der Waals surface area contributed by atoms with Gasteiger partial charge in [0, 0.05) is 19.5 Å². The monoisotopic (exact) mass is 404 g/mol. The van der Waals surface area contributed by atoms with Crippen molar-refractivity contribution in [2.75, 3.05) is 13.1 Å². The van der Waals surface area contributed by atoms with Crippen LogP contribution in [-0.2, 0) is 21.2 Å². The van der Waals surface area contributed by atoms with Gasteiger partial charge in [0.15, 0.2) is 0 Å². The zero-order valence-electron chi connectivity index (χ0n) is 15.2. The zero-order valence-corrected chi connectivity index (χ0v) is 16.0. The number of fused-ring (bicyclic) bond motifs is 1. The van der Waals surface area contributed by atoms with Crippen LogP contribution in [0.2, 0.25) is 0 Å². The predicted octanol–water partition coefficient (Wildman–Crippen LogP) is 2.50. The predicted molar refractivity (Wildman–Crippen MR) is 102 cm³/mol. The fraction of sp³-hybridized carbons (Fsp3) is 0.300. The molecule has 0 saturated heterocycles. The summed E-state index contributed by atoms with van der Waals surface area (Å²) >= 11 is 0. The van der Waals surface area contributed by atoms with Gasteiger partial charge in [-0.05, 0) is 49.1 Å². The van der Waals surface area contributed by atoms with Crippen LogP contribution in [0.5, 0.6) is 0 Å². The summed E-state index contributed by atoms with van der Waals surface area (Å²) in [5.41, 5.74) is 1.17. The van der Waals surface area contributed by atoms with Gasteiger partial charge in [-0.3, -0.25) is 9.59 Å². The van der Waals surface area contributed by atoms with Gasteiger partial charge >= 0.3 is 0 Å². The molecule has 0 fully saturated rings. The highest BCUT2D eigenvalue weighted by atomic mass is 32.2. The summed E-state index contributed by atoms with van der Waals surface area (Å²) in [5, 5.41) is 2.77. The molecule has 2 aromatic carbocycles. The summed E-state index contributed by atoms with van der Waals surface area (Å²) in [7, 11) is -3.82. The van der Waals surface area contributed by atoms with Crippen molar-refractivity contribution in [1.29, 1.82) is 0 Å². The fourth-order valence-corrected chi connectivity index (χ4v) is 4.70. The molecule has 0 unspecified atom stereocenters. The van der Waals surface area contributed by atoms with E-state index in [2.05, 4.69) is 5.32 Å². The number of hydrogen-bond acceptors (Lipinski definition) is 4. The van der Waals surface area contributed by atoms with E-state index in [9.17, 15) is 22.4 Å². The largest absolute Gasteiger partial charge is 0.356 e. The van der Waals surface area contributed by atoms with Crippen molar-refractivity contribution >= 4 is 21.8 Å². The Morgan fingerprint density at radius 1 is 1.04 bits per heavy atom. The van der Waals surface area contributed by atoms with Crippen LogP contribution >= 0.6 is 0 Å². The summed E-state index contributed by atoms with van der Waals surface area (Å²) in [6.07, 6.45) is 1.82. The Kier molecular flexibility index (Phi) is 6.08. The van der Waals surface area contributed by atoms with Gasteiger partial charge in [-0.25, -0.2) is 17.1 Å². The van der Waals surface area contributed by atoms with Crippen LogP contribution in [0.3, 0.4) is 0 Å². The molecule has 2 amide bonds. The first-order valence-electron chi connectivity index (χ1n) is 9.07. The summed E-state index contributed by atoms with van der Waals surface area (Å²) < 4.78 is 38.5. The molecule has 8 heteroatoms. The average Bonchev–Trinajstić information content (AvgIpc) is 2.87. The van der Waals surface area contributed by atoms with Crippen LogP contribution in [0.4, 0.5) is 4.39 Å². The van der Waals surface area contributed by atoms with Gasteiger partial charge in [-0.15, -0.1) is 0 Å². The molecule has 0 atom stereocenters. The second-order valence-corrected chi connectivity index (χ2v) is 8.39. The minimum Gasteiger partial charge on any atom is -0.356 e. The molecule has 0 radical (unpaired) electrons. The van der Waals surface area contributed by atoms with Gasteiger partial charge in [0.1, 0.15) is 10.7 Å². The molecule has 1 N–H and O–H groups in total. The van der Waals surface area contributed by atoms with E-state index in [0.29, 0.717) is 13.0 Å². The highest BCUT2D eigenvalue weighted by Crippen LogP contribution is 2.29. The second kappa shape index (κ2) is 8.52. The molecule has 28 heavy (non-hydrogen) atoms. The molecule has 1 aliphatic rings. The Bertz CT molecular complexity index is 974. The molecule has 0 saturated carbocycles. The van der Waals surface area contributed by atoms with Crippen molar-refractivity contribution in [1.82, 2.24) is 9.62 Å². The zero-order chi connectivity index (χ0) is 20.1.